The fraction of sp³-hybridized carbons (Fsp3) is 0.571. The van der Waals surface area contributed by atoms with E-state index in [1.807, 2.05) is 0 Å². The van der Waals surface area contributed by atoms with E-state index < -0.39 is 0 Å². The Morgan fingerprint density at radius 2 is 2.26 bits per heavy atom. The van der Waals surface area contributed by atoms with Crippen LogP contribution in [0.3, 0.4) is 0 Å². The summed E-state index contributed by atoms with van der Waals surface area (Å²) in [5, 5.41) is 7.40. The summed E-state index contributed by atoms with van der Waals surface area (Å²) in [5.41, 5.74) is 0.324. The van der Waals surface area contributed by atoms with Gasteiger partial charge in [-0.15, -0.1) is 6.58 Å². The van der Waals surface area contributed by atoms with Gasteiger partial charge in [-0.3, -0.25) is 4.79 Å². The van der Waals surface area contributed by atoms with Crippen LogP contribution < -0.4 is 10.9 Å². The number of unbranched alkanes of at least 4 members (excludes halogenated alkanes) is 1. The Morgan fingerprint density at radius 1 is 1.53 bits per heavy atom. The molecule has 1 aromatic rings. The summed E-state index contributed by atoms with van der Waals surface area (Å²) in [7, 11) is 0. The van der Waals surface area contributed by atoms with Crippen molar-refractivity contribution in [3.8, 4) is 0 Å². The van der Waals surface area contributed by atoms with Crippen molar-refractivity contribution in [2.24, 2.45) is 5.92 Å². The minimum absolute atomic E-state index is 0.195. The minimum atomic E-state index is -0.284. The number of aromatic nitrogens is 2. The molecule has 0 bridgehead atoms. The van der Waals surface area contributed by atoms with Crippen LogP contribution in [0.1, 0.15) is 33.1 Å². The number of halogens is 1. The molecule has 5 heteroatoms. The number of allylic oxidation sites excluding steroid dienone is 1. The lowest BCUT2D eigenvalue weighted by Crippen LogP contribution is -2.23. The molecular formula is C14H22ClN3O. The van der Waals surface area contributed by atoms with Crippen LogP contribution in [0.5, 0.6) is 0 Å². The second kappa shape index (κ2) is 8.00. The van der Waals surface area contributed by atoms with Crippen LogP contribution in [0.25, 0.3) is 0 Å². The molecule has 0 aliphatic carbocycles. The Labute approximate surface area is 119 Å². The zero-order valence-electron chi connectivity index (χ0n) is 11.7. The largest absolute Gasteiger partial charge is 0.382 e. The third-order valence-electron chi connectivity index (χ3n) is 2.81. The lowest BCUT2D eigenvalue weighted by atomic mass is 10.1. The van der Waals surface area contributed by atoms with Gasteiger partial charge in [-0.2, -0.15) is 5.10 Å². The second-order valence-electron chi connectivity index (χ2n) is 4.96. The molecule has 0 spiro atoms. The summed E-state index contributed by atoms with van der Waals surface area (Å²) < 4.78 is 1.29. The molecule has 0 aliphatic rings. The average molecular weight is 284 g/mol. The molecule has 1 aromatic heterocycles. The molecule has 0 saturated carbocycles. The van der Waals surface area contributed by atoms with Gasteiger partial charge in [-0.25, -0.2) is 4.68 Å². The lowest BCUT2D eigenvalue weighted by Gasteiger charge is -2.09. The molecule has 1 heterocycles. The van der Waals surface area contributed by atoms with Gasteiger partial charge < -0.3 is 5.32 Å². The Hall–Kier alpha value is -1.29. The molecule has 1 N–H and O–H groups in total. The fourth-order valence-electron chi connectivity index (χ4n) is 1.74. The number of nitrogens with one attached hydrogen (secondary N) is 1. The smallest absolute Gasteiger partial charge is 0.287 e. The maximum Gasteiger partial charge on any atom is 0.287 e. The quantitative estimate of drug-likeness (QED) is 0.588. The van der Waals surface area contributed by atoms with Crippen LogP contribution >= 0.6 is 11.6 Å². The molecular weight excluding hydrogens is 262 g/mol. The zero-order valence-corrected chi connectivity index (χ0v) is 12.4. The van der Waals surface area contributed by atoms with Crippen molar-refractivity contribution in [3.05, 3.63) is 34.2 Å². The maximum atomic E-state index is 11.8. The van der Waals surface area contributed by atoms with Crippen LogP contribution in [0.4, 0.5) is 5.69 Å². The van der Waals surface area contributed by atoms with Gasteiger partial charge in [-0.05, 0) is 12.3 Å². The number of hydrogen-bond donors (Lipinski definition) is 1. The standard InChI is InChI=1S/C14H22ClN3O/c1-4-9-18-14(19)13(15)12(10-17-18)16-8-6-5-7-11(2)3/h4,10-11,16H,1,5-9H2,2-3H3. The summed E-state index contributed by atoms with van der Waals surface area (Å²) in [4.78, 5) is 11.8. The van der Waals surface area contributed by atoms with Crippen molar-refractivity contribution in [2.75, 3.05) is 11.9 Å². The topological polar surface area (TPSA) is 46.9 Å². The van der Waals surface area contributed by atoms with E-state index >= 15 is 0 Å². The first-order valence-electron chi connectivity index (χ1n) is 6.66. The van der Waals surface area contributed by atoms with Crippen LogP contribution in [0, 0.1) is 5.92 Å². The van der Waals surface area contributed by atoms with Gasteiger partial charge in [0.2, 0.25) is 0 Å². The van der Waals surface area contributed by atoms with E-state index in [2.05, 4.69) is 30.8 Å². The molecule has 4 nitrogen and oxygen atoms in total. The second-order valence-corrected chi connectivity index (χ2v) is 5.34. The van der Waals surface area contributed by atoms with Crippen molar-refractivity contribution < 1.29 is 0 Å². The third-order valence-corrected chi connectivity index (χ3v) is 3.18. The highest BCUT2D eigenvalue weighted by molar-refractivity contribution is 6.32. The molecule has 106 valence electrons. The Kier molecular flexibility index (Phi) is 6.64. The highest BCUT2D eigenvalue weighted by atomic mass is 35.5. The Bertz CT molecular complexity index is 468. The van der Waals surface area contributed by atoms with Crippen molar-refractivity contribution >= 4 is 17.3 Å². The zero-order chi connectivity index (χ0) is 14.3. The van der Waals surface area contributed by atoms with E-state index in [0.717, 1.165) is 18.9 Å². The van der Waals surface area contributed by atoms with E-state index in [9.17, 15) is 4.79 Å². The van der Waals surface area contributed by atoms with Crippen molar-refractivity contribution in [3.63, 3.8) is 0 Å². The molecule has 0 aliphatic heterocycles. The van der Waals surface area contributed by atoms with Crippen LogP contribution in [0.2, 0.25) is 5.02 Å². The predicted octanol–water partition coefficient (Wildman–Crippen LogP) is 3.32. The number of nitrogens with zero attached hydrogens (tertiary/aromatic N) is 2. The molecule has 0 unspecified atom stereocenters. The first-order chi connectivity index (χ1) is 9.06. The molecule has 0 amide bonds. The highest BCUT2D eigenvalue weighted by Crippen LogP contribution is 2.15. The van der Waals surface area contributed by atoms with Gasteiger partial charge >= 0.3 is 0 Å². The first kappa shape index (κ1) is 15.8. The van der Waals surface area contributed by atoms with Crippen molar-refractivity contribution in [2.45, 2.75) is 39.7 Å². The van der Waals surface area contributed by atoms with Gasteiger partial charge in [0, 0.05) is 6.54 Å². The minimum Gasteiger partial charge on any atom is -0.382 e. The summed E-state index contributed by atoms with van der Waals surface area (Å²) in [5.74, 6) is 0.730. The molecule has 0 saturated heterocycles. The van der Waals surface area contributed by atoms with Gasteiger partial charge in [0.15, 0.2) is 0 Å². The van der Waals surface area contributed by atoms with E-state index in [-0.39, 0.29) is 10.6 Å². The monoisotopic (exact) mass is 283 g/mol. The first-order valence-corrected chi connectivity index (χ1v) is 7.04. The Balaban J connectivity index is 2.53. The van der Waals surface area contributed by atoms with Crippen LogP contribution in [-0.4, -0.2) is 16.3 Å². The van der Waals surface area contributed by atoms with E-state index in [4.69, 9.17) is 11.6 Å². The predicted molar refractivity (Wildman–Crippen MR) is 80.9 cm³/mol. The van der Waals surface area contributed by atoms with E-state index in [1.165, 1.54) is 17.5 Å². The number of hydrogen-bond acceptors (Lipinski definition) is 3. The molecule has 0 fully saturated rings. The summed E-state index contributed by atoms with van der Waals surface area (Å²) in [6, 6.07) is 0. The molecule has 0 atom stereocenters. The number of anilines is 1. The van der Waals surface area contributed by atoms with Gasteiger partial charge in [-0.1, -0.05) is 44.4 Å². The summed E-state index contributed by atoms with van der Waals surface area (Å²) >= 11 is 6.03. The van der Waals surface area contributed by atoms with Gasteiger partial charge in [0.1, 0.15) is 5.02 Å². The summed E-state index contributed by atoms with van der Waals surface area (Å²) in [6.07, 6.45) is 6.65. The molecule has 0 aromatic carbocycles. The molecule has 19 heavy (non-hydrogen) atoms. The number of rotatable bonds is 8. The Morgan fingerprint density at radius 3 is 2.89 bits per heavy atom. The van der Waals surface area contributed by atoms with E-state index in [0.29, 0.717) is 12.2 Å². The highest BCUT2D eigenvalue weighted by Gasteiger charge is 2.07. The van der Waals surface area contributed by atoms with Crippen LogP contribution in [-0.2, 0) is 6.54 Å². The fourth-order valence-corrected chi connectivity index (χ4v) is 1.95. The normalized spacial score (nSPS) is 10.7. The average Bonchev–Trinajstić information content (AvgIpc) is 2.37. The van der Waals surface area contributed by atoms with Gasteiger partial charge in [0.25, 0.3) is 5.56 Å². The van der Waals surface area contributed by atoms with Crippen LogP contribution in [0.15, 0.2) is 23.6 Å². The van der Waals surface area contributed by atoms with E-state index in [1.54, 1.807) is 12.3 Å². The molecule has 1 rings (SSSR count). The third kappa shape index (κ3) is 5.07. The van der Waals surface area contributed by atoms with Crippen molar-refractivity contribution in [1.29, 1.82) is 0 Å². The lowest BCUT2D eigenvalue weighted by molar-refractivity contribution is 0.544. The van der Waals surface area contributed by atoms with Gasteiger partial charge in [0.05, 0.1) is 18.4 Å². The van der Waals surface area contributed by atoms with Crippen molar-refractivity contribution in [1.82, 2.24) is 9.78 Å². The molecule has 0 radical (unpaired) electrons. The summed E-state index contributed by atoms with van der Waals surface area (Å²) in [6.45, 7) is 9.18. The SMILES string of the molecule is C=CCn1ncc(NCCCCC(C)C)c(Cl)c1=O. The maximum absolute atomic E-state index is 11.8.